The molecule has 5 heterocycles. The van der Waals surface area contributed by atoms with E-state index in [1.165, 1.54) is 6.07 Å². The van der Waals surface area contributed by atoms with Crippen molar-refractivity contribution in [3.63, 3.8) is 0 Å². The first-order valence-electron chi connectivity index (χ1n) is 11.2. The molecule has 1 amide bonds. The van der Waals surface area contributed by atoms with Gasteiger partial charge < -0.3 is 19.9 Å². The minimum Gasteiger partial charge on any atom is -0.353 e. The Morgan fingerprint density at radius 1 is 1.24 bits per heavy atom. The van der Waals surface area contributed by atoms with Crippen LogP contribution < -0.4 is 15.5 Å². The number of aryl methyl sites for hydroxylation is 2. The highest BCUT2D eigenvalue weighted by molar-refractivity contribution is 6.13. The fourth-order valence-electron chi connectivity index (χ4n) is 4.57. The van der Waals surface area contributed by atoms with Crippen LogP contribution in [0.25, 0.3) is 16.6 Å². The molecule has 2 N–H and O–H groups in total. The molecule has 9 nitrogen and oxygen atoms in total. The van der Waals surface area contributed by atoms with E-state index in [-0.39, 0.29) is 5.65 Å². The first kappa shape index (κ1) is 21.3. The summed E-state index contributed by atoms with van der Waals surface area (Å²) < 4.78 is 17.8. The molecule has 0 spiro atoms. The maximum absolute atomic E-state index is 14.5. The molecule has 172 valence electrons. The van der Waals surface area contributed by atoms with Gasteiger partial charge in [0.2, 0.25) is 0 Å². The van der Waals surface area contributed by atoms with Gasteiger partial charge in [-0.15, -0.1) is 0 Å². The monoisotopic (exact) mass is 450 g/mol. The van der Waals surface area contributed by atoms with Crippen LogP contribution in [-0.2, 0) is 6.54 Å². The number of pyridine rings is 2. The molecule has 1 saturated heterocycles. The zero-order valence-electron chi connectivity index (χ0n) is 19.1. The molecule has 33 heavy (non-hydrogen) atoms. The van der Waals surface area contributed by atoms with Crippen molar-refractivity contribution in [3.8, 4) is 0 Å². The Balaban J connectivity index is 1.52. The van der Waals surface area contributed by atoms with E-state index in [0.29, 0.717) is 41.1 Å². The molecule has 4 aromatic rings. The van der Waals surface area contributed by atoms with Crippen LogP contribution in [0.3, 0.4) is 0 Å². The number of nitrogens with zero attached hydrogens (tertiary/aromatic N) is 6. The predicted molar refractivity (Wildman–Crippen MR) is 125 cm³/mol. The first-order chi connectivity index (χ1) is 15.8. The van der Waals surface area contributed by atoms with E-state index in [1.54, 1.807) is 29.9 Å². The minimum atomic E-state index is -0.503. The summed E-state index contributed by atoms with van der Waals surface area (Å²) in [4.78, 5) is 24.3. The molecule has 0 bridgehead atoms. The highest BCUT2D eigenvalue weighted by atomic mass is 19.1. The second-order valence-corrected chi connectivity index (χ2v) is 8.76. The van der Waals surface area contributed by atoms with Crippen LogP contribution in [0.4, 0.5) is 15.9 Å². The van der Waals surface area contributed by atoms with Crippen LogP contribution in [-0.4, -0.2) is 55.2 Å². The third-order valence-corrected chi connectivity index (χ3v) is 5.88. The summed E-state index contributed by atoms with van der Waals surface area (Å²) >= 11 is 0. The number of hydrogen-bond acceptors (Lipinski definition) is 6. The van der Waals surface area contributed by atoms with Crippen LogP contribution in [0.2, 0.25) is 0 Å². The van der Waals surface area contributed by atoms with Crippen molar-refractivity contribution in [2.75, 3.05) is 23.3 Å². The average molecular weight is 451 g/mol. The van der Waals surface area contributed by atoms with Gasteiger partial charge in [-0.05, 0) is 27.7 Å². The van der Waals surface area contributed by atoms with Crippen LogP contribution in [0.1, 0.15) is 36.8 Å². The average Bonchev–Trinajstić information content (AvgIpc) is 3.35. The molecule has 10 heteroatoms. The number of anilines is 2. The Kier molecular flexibility index (Phi) is 5.24. The number of rotatable bonds is 4. The van der Waals surface area contributed by atoms with Crippen molar-refractivity contribution in [3.05, 3.63) is 47.9 Å². The topological polar surface area (TPSA) is 92.4 Å². The van der Waals surface area contributed by atoms with Crippen molar-refractivity contribution in [1.29, 1.82) is 0 Å². The largest absolute Gasteiger partial charge is 0.353 e. The van der Waals surface area contributed by atoms with E-state index in [1.807, 2.05) is 17.8 Å². The van der Waals surface area contributed by atoms with Crippen molar-refractivity contribution >= 4 is 34.0 Å². The van der Waals surface area contributed by atoms with E-state index in [2.05, 4.69) is 44.4 Å². The molecule has 2 atom stereocenters. The van der Waals surface area contributed by atoms with Gasteiger partial charge >= 0.3 is 0 Å². The van der Waals surface area contributed by atoms with Gasteiger partial charge in [0.05, 0.1) is 22.3 Å². The molecule has 0 unspecified atom stereocenters. The third-order valence-electron chi connectivity index (χ3n) is 5.88. The molecule has 1 fully saturated rings. The van der Waals surface area contributed by atoms with Gasteiger partial charge in [0, 0.05) is 62.6 Å². The van der Waals surface area contributed by atoms with Crippen molar-refractivity contribution in [2.45, 2.75) is 46.3 Å². The summed E-state index contributed by atoms with van der Waals surface area (Å²) in [6.07, 6.45) is 6.85. The lowest BCUT2D eigenvalue weighted by Gasteiger charge is -2.37. The van der Waals surface area contributed by atoms with Crippen LogP contribution in [0, 0.1) is 12.7 Å². The van der Waals surface area contributed by atoms with Gasteiger partial charge in [-0.25, -0.2) is 14.4 Å². The number of carbonyl (C=O) groups is 1. The maximum Gasteiger partial charge on any atom is 0.259 e. The highest BCUT2D eigenvalue weighted by Crippen LogP contribution is 2.28. The quantitative estimate of drug-likeness (QED) is 0.497. The smallest absolute Gasteiger partial charge is 0.259 e. The Morgan fingerprint density at radius 3 is 2.73 bits per heavy atom. The lowest BCUT2D eigenvalue weighted by molar-refractivity contribution is 0.102. The number of imidazole rings is 1. The molecule has 0 radical (unpaired) electrons. The van der Waals surface area contributed by atoms with Gasteiger partial charge in [-0.2, -0.15) is 5.10 Å². The summed E-state index contributed by atoms with van der Waals surface area (Å²) in [5, 5.41) is 11.8. The Bertz CT molecular complexity index is 1350. The minimum absolute atomic E-state index is 0.222. The van der Waals surface area contributed by atoms with Crippen LogP contribution >= 0.6 is 0 Å². The normalized spacial score (nSPS) is 18.9. The van der Waals surface area contributed by atoms with E-state index in [9.17, 15) is 9.18 Å². The molecule has 1 aliphatic rings. The Labute approximate surface area is 190 Å². The summed E-state index contributed by atoms with van der Waals surface area (Å²) in [6, 6.07) is 1.92. The summed E-state index contributed by atoms with van der Waals surface area (Å²) in [6.45, 7) is 10.4. The van der Waals surface area contributed by atoms with Crippen molar-refractivity contribution in [2.24, 2.45) is 0 Å². The van der Waals surface area contributed by atoms with Gasteiger partial charge in [-0.3, -0.25) is 9.48 Å². The SMILES string of the molecule is CCn1cc2c(N3C[C@@H](C)N[C@H](C)C3)ncc(C(=O)Nc3cc(F)c4nc(C)cn4c3)c2n1. The molecule has 1 aliphatic heterocycles. The van der Waals surface area contributed by atoms with E-state index in [0.717, 1.165) is 24.3 Å². The predicted octanol–water partition coefficient (Wildman–Crippen LogP) is 2.99. The summed E-state index contributed by atoms with van der Waals surface area (Å²) in [5.74, 6) is -0.0717. The molecular formula is C23H27FN8O. The second kappa shape index (κ2) is 8.11. The van der Waals surface area contributed by atoms with Gasteiger partial charge in [0.25, 0.3) is 5.91 Å². The zero-order valence-corrected chi connectivity index (χ0v) is 19.1. The van der Waals surface area contributed by atoms with Gasteiger partial charge in [0.1, 0.15) is 11.3 Å². The molecule has 0 aliphatic carbocycles. The number of carbonyl (C=O) groups excluding carboxylic acids is 1. The van der Waals surface area contributed by atoms with Gasteiger partial charge in [0.15, 0.2) is 11.5 Å². The van der Waals surface area contributed by atoms with E-state index in [4.69, 9.17) is 0 Å². The molecule has 4 aromatic heterocycles. The maximum atomic E-state index is 14.5. The van der Waals surface area contributed by atoms with Crippen molar-refractivity contribution in [1.82, 2.24) is 29.5 Å². The van der Waals surface area contributed by atoms with E-state index >= 15 is 0 Å². The molecule has 0 saturated carbocycles. The fourth-order valence-corrected chi connectivity index (χ4v) is 4.57. The number of hydrogen-bond donors (Lipinski definition) is 2. The standard InChI is InChI=1S/C23H27FN8O/c1-5-32-12-18-20(29-32)17(7-25-21(18)30-8-13(2)26-14(3)9-30)23(33)28-16-6-19(24)22-27-15(4)10-31(22)11-16/h6-7,10-14,26H,5,8-9H2,1-4H3,(H,28,33)/t13-,14-/m1/s1. The lowest BCUT2D eigenvalue weighted by atomic mass is 10.1. The number of amides is 1. The molecule has 0 aromatic carbocycles. The zero-order chi connectivity index (χ0) is 23.3. The number of fused-ring (bicyclic) bond motifs is 2. The van der Waals surface area contributed by atoms with Crippen molar-refractivity contribution < 1.29 is 9.18 Å². The second-order valence-electron chi connectivity index (χ2n) is 8.76. The van der Waals surface area contributed by atoms with Crippen LogP contribution in [0.5, 0.6) is 0 Å². The number of piperazine rings is 1. The molecule has 5 rings (SSSR count). The number of nitrogens with one attached hydrogen (secondary N) is 2. The first-order valence-corrected chi connectivity index (χ1v) is 11.2. The van der Waals surface area contributed by atoms with E-state index < -0.39 is 11.7 Å². The Morgan fingerprint density at radius 2 is 2.00 bits per heavy atom. The third kappa shape index (κ3) is 3.91. The highest BCUT2D eigenvalue weighted by Gasteiger charge is 2.26. The lowest BCUT2D eigenvalue weighted by Crippen LogP contribution is -2.54. The fraction of sp³-hybridized carbons (Fsp3) is 0.391. The Hall–Kier alpha value is -3.53. The number of halogens is 1. The molecular weight excluding hydrogens is 423 g/mol. The van der Waals surface area contributed by atoms with Crippen LogP contribution in [0.15, 0.2) is 30.9 Å². The van der Waals surface area contributed by atoms with Gasteiger partial charge in [-0.1, -0.05) is 0 Å². The summed E-state index contributed by atoms with van der Waals surface area (Å²) in [5.41, 5.74) is 2.18. The number of aromatic nitrogens is 5. The summed E-state index contributed by atoms with van der Waals surface area (Å²) in [7, 11) is 0.